The minimum atomic E-state index is 0.254. The van der Waals surface area contributed by atoms with Crippen LogP contribution in [0.15, 0.2) is 64.4 Å². The predicted octanol–water partition coefficient (Wildman–Crippen LogP) is 5.14. The topological polar surface area (TPSA) is 75.2 Å². The molecule has 0 radical (unpaired) electrons. The Morgan fingerprint density at radius 3 is 2.52 bits per heavy atom. The van der Waals surface area contributed by atoms with E-state index >= 15 is 0 Å². The molecule has 2 unspecified atom stereocenters. The number of amidine groups is 1. The number of H-pyrrole nitrogens is 1. The molecule has 3 aliphatic heterocycles. The SMILES string of the molecule is C=C(NN=S)c1ccc(CN2CCC(N3CCN(C4=NCC(c5ncc[nH]5)C=C4C)CC3CC)CC2)cc1.CC. The number of piperazine rings is 1. The Hall–Kier alpha value is -2.88. The van der Waals surface area contributed by atoms with Crippen LogP contribution in [-0.4, -0.2) is 81.9 Å². The van der Waals surface area contributed by atoms with Crippen molar-refractivity contribution >= 4 is 24.0 Å². The highest BCUT2D eigenvalue weighted by atomic mass is 32.1. The zero-order valence-corrected chi connectivity index (χ0v) is 25.5. The Morgan fingerprint density at radius 2 is 1.90 bits per heavy atom. The molecule has 40 heavy (non-hydrogen) atoms. The van der Waals surface area contributed by atoms with E-state index < -0.39 is 0 Å². The molecule has 0 bridgehead atoms. The van der Waals surface area contributed by atoms with Gasteiger partial charge in [-0.05, 0) is 56.0 Å². The fourth-order valence-corrected chi connectivity index (χ4v) is 6.35. The monoisotopic (exact) mass is 562 g/mol. The highest BCUT2D eigenvalue weighted by Gasteiger charge is 2.34. The van der Waals surface area contributed by atoms with Crippen LogP contribution in [0.25, 0.3) is 5.70 Å². The highest BCUT2D eigenvalue weighted by molar-refractivity contribution is 7.47. The Balaban J connectivity index is 0.00000181. The first kappa shape index (κ1) is 30.1. The number of hydrogen-bond acceptors (Lipinski definition) is 7. The normalized spacial score (nSPS) is 22.6. The van der Waals surface area contributed by atoms with Crippen LogP contribution in [0, 0.1) is 0 Å². The molecule has 2 aromatic rings. The maximum absolute atomic E-state index is 5.02. The molecule has 2 saturated heterocycles. The van der Waals surface area contributed by atoms with Crippen molar-refractivity contribution in [1.29, 1.82) is 0 Å². The molecule has 9 heteroatoms. The first-order valence-corrected chi connectivity index (χ1v) is 15.2. The molecule has 0 amide bonds. The molecule has 0 aliphatic carbocycles. The summed E-state index contributed by atoms with van der Waals surface area (Å²) in [5.41, 5.74) is 7.12. The van der Waals surface area contributed by atoms with E-state index in [9.17, 15) is 0 Å². The van der Waals surface area contributed by atoms with Crippen molar-refractivity contribution in [2.45, 2.75) is 71.5 Å². The van der Waals surface area contributed by atoms with E-state index in [-0.39, 0.29) is 5.92 Å². The number of aliphatic imine (C=N–C) groups is 1. The third-order valence-corrected chi connectivity index (χ3v) is 8.42. The van der Waals surface area contributed by atoms with Crippen LogP contribution in [0.1, 0.15) is 69.8 Å². The van der Waals surface area contributed by atoms with E-state index in [1.54, 1.807) is 0 Å². The number of benzene rings is 1. The second kappa shape index (κ2) is 14.7. The Morgan fingerprint density at radius 1 is 1.15 bits per heavy atom. The number of aromatic amines is 1. The molecule has 0 spiro atoms. The number of rotatable bonds is 8. The van der Waals surface area contributed by atoms with E-state index in [1.165, 1.54) is 36.2 Å². The molecule has 2 N–H and O–H groups in total. The number of likely N-dealkylation sites (tertiary alicyclic amines) is 1. The minimum Gasteiger partial charge on any atom is -0.354 e. The third-order valence-electron chi connectivity index (χ3n) is 8.33. The van der Waals surface area contributed by atoms with Crippen molar-refractivity contribution in [3.8, 4) is 0 Å². The summed E-state index contributed by atoms with van der Waals surface area (Å²) in [4.78, 5) is 20.6. The Kier molecular flexibility index (Phi) is 11.0. The average Bonchev–Trinajstić information content (AvgIpc) is 3.54. The van der Waals surface area contributed by atoms with Crippen LogP contribution in [0.4, 0.5) is 0 Å². The zero-order chi connectivity index (χ0) is 28.5. The van der Waals surface area contributed by atoms with Crippen molar-refractivity contribution in [3.63, 3.8) is 0 Å². The van der Waals surface area contributed by atoms with Gasteiger partial charge in [0.25, 0.3) is 0 Å². The summed E-state index contributed by atoms with van der Waals surface area (Å²) in [5.74, 6) is 2.45. The van der Waals surface area contributed by atoms with Gasteiger partial charge in [-0.1, -0.05) is 57.7 Å². The smallest absolute Gasteiger partial charge is 0.126 e. The van der Waals surface area contributed by atoms with Gasteiger partial charge < -0.3 is 9.88 Å². The number of piperidine rings is 1. The van der Waals surface area contributed by atoms with Crippen molar-refractivity contribution < 1.29 is 0 Å². The molecule has 0 saturated carbocycles. The van der Waals surface area contributed by atoms with Gasteiger partial charge in [0.05, 0.1) is 30.6 Å². The number of aromatic nitrogens is 2. The molecular formula is C31H46N8S. The Labute approximate surface area is 245 Å². The van der Waals surface area contributed by atoms with Gasteiger partial charge in [-0.15, -0.1) is 4.47 Å². The van der Waals surface area contributed by atoms with E-state index in [0.717, 1.165) is 62.9 Å². The van der Waals surface area contributed by atoms with Gasteiger partial charge in [0, 0.05) is 50.7 Å². The fourth-order valence-electron chi connectivity index (χ4n) is 6.24. The standard InChI is InChI=1S/C29H40N8S.C2H6/c1-4-26-20-36(29-21(2)17-25(18-32-29)28-30-11-12-31-28)15-16-37(26)27-9-13-35(14-10-27)19-23-5-7-24(8-6-23)22(3)33-34-38;1-2/h5-8,11-12,17,25-27H,3-4,9-10,13-16,18-20H2,1-2H3,(H,30,31)(H,33,38);1-2H3. The summed E-state index contributed by atoms with van der Waals surface area (Å²) < 4.78 is 3.54. The van der Waals surface area contributed by atoms with Crippen LogP contribution in [0.5, 0.6) is 0 Å². The average molecular weight is 563 g/mol. The van der Waals surface area contributed by atoms with Crippen molar-refractivity contribution in [2.24, 2.45) is 9.46 Å². The highest BCUT2D eigenvalue weighted by Crippen LogP contribution is 2.27. The number of nitrogens with zero attached hydrogens (tertiary/aromatic N) is 6. The number of dihydropyridines is 1. The molecule has 3 aliphatic rings. The van der Waals surface area contributed by atoms with Crippen LogP contribution in [0.3, 0.4) is 0 Å². The van der Waals surface area contributed by atoms with Gasteiger partial charge >= 0.3 is 0 Å². The number of hydrogen-bond donors (Lipinski definition) is 2. The van der Waals surface area contributed by atoms with Crippen LogP contribution >= 0.6 is 0 Å². The second-order valence-electron chi connectivity index (χ2n) is 10.7. The van der Waals surface area contributed by atoms with Crippen LogP contribution in [-0.2, 0) is 19.0 Å². The zero-order valence-electron chi connectivity index (χ0n) is 24.6. The molecule has 216 valence electrons. The lowest BCUT2D eigenvalue weighted by molar-refractivity contribution is 0.0314. The predicted molar refractivity (Wildman–Crippen MR) is 168 cm³/mol. The van der Waals surface area contributed by atoms with Gasteiger partial charge in [0.15, 0.2) is 0 Å². The van der Waals surface area contributed by atoms with Gasteiger partial charge in [-0.25, -0.2) is 4.98 Å². The summed E-state index contributed by atoms with van der Waals surface area (Å²) in [6.45, 7) is 19.8. The molecule has 2 atom stereocenters. The van der Waals surface area contributed by atoms with E-state index in [0.29, 0.717) is 12.1 Å². The molecule has 1 aromatic heterocycles. The van der Waals surface area contributed by atoms with Crippen molar-refractivity contribution in [3.05, 3.63) is 71.8 Å². The third kappa shape index (κ3) is 7.25. The Bertz CT molecular complexity index is 1150. The van der Waals surface area contributed by atoms with E-state index in [1.807, 2.05) is 26.2 Å². The van der Waals surface area contributed by atoms with Gasteiger partial charge in [0.1, 0.15) is 11.7 Å². The summed E-state index contributed by atoms with van der Waals surface area (Å²) in [5, 5.41) is 0. The van der Waals surface area contributed by atoms with Gasteiger partial charge in [-0.2, -0.15) is 0 Å². The summed E-state index contributed by atoms with van der Waals surface area (Å²) in [7, 11) is 0. The lowest BCUT2D eigenvalue weighted by Crippen LogP contribution is -2.59. The number of nitrogens with one attached hydrogen (secondary N) is 2. The maximum atomic E-state index is 5.02. The molecule has 5 rings (SSSR count). The minimum absolute atomic E-state index is 0.254. The largest absolute Gasteiger partial charge is 0.354 e. The molecular weight excluding hydrogens is 516 g/mol. The van der Waals surface area contributed by atoms with Gasteiger partial charge in [0.2, 0.25) is 0 Å². The van der Waals surface area contributed by atoms with Crippen molar-refractivity contribution in [1.82, 2.24) is 30.1 Å². The van der Waals surface area contributed by atoms with E-state index in [2.05, 4.69) is 97.8 Å². The lowest BCUT2D eigenvalue weighted by atomic mass is 9.96. The second-order valence-corrected chi connectivity index (χ2v) is 10.9. The quantitative estimate of drug-likeness (QED) is 0.434. The van der Waals surface area contributed by atoms with E-state index in [4.69, 9.17) is 4.99 Å². The van der Waals surface area contributed by atoms with Crippen molar-refractivity contribution in [2.75, 3.05) is 39.3 Å². The van der Waals surface area contributed by atoms with Crippen LogP contribution < -0.4 is 5.43 Å². The first-order chi connectivity index (χ1) is 19.6. The van der Waals surface area contributed by atoms with Gasteiger partial charge in [-0.3, -0.25) is 20.2 Å². The maximum Gasteiger partial charge on any atom is 0.126 e. The molecule has 4 heterocycles. The molecule has 1 aromatic carbocycles. The first-order valence-electron chi connectivity index (χ1n) is 14.9. The summed E-state index contributed by atoms with van der Waals surface area (Å²) in [6, 6.07) is 9.80. The molecule has 8 nitrogen and oxygen atoms in total. The lowest BCUT2D eigenvalue weighted by Gasteiger charge is -2.48. The number of imidazole rings is 1. The van der Waals surface area contributed by atoms with Crippen LogP contribution in [0.2, 0.25) is 0 Å². The summed E-state index contributed by atoms with van der Waals surface area (Å²) >= 11 is 4.62. The fraction of sp³-hybridized carbons (Fsp3) is 0.548. The summed E-state index contributed by atoms with van der Waals surface area (Å²) in [6.07, 6.45) is 9.70. The molecule has 2 fully saturated rings.